The third-order valence-corrected chi connectivity index (χ3v) is 4.87. The summed E-state index contributed by atoms with van der Waals surface area (Å²) in [7, 11) is -1.39. The summed E-state index contributed by atoms with van der Waals surface area (Å²) < 4.78 is 27.9. The molecule has 1 unspecified atom stereocenters. The average molecular weight is 351 g/mol. The Hall–Kier alpha value is -2.19. The van der Waals surface area contributed by atoms with Crippen molar-refractivity contribution >= 4 is 21.6 Å². The fraction of sp³-hybridized carbons (Fsp3) is 0.375. The first-order valence-corrected chi connectivity index (χ1v) is 9.29. The van der Waals surface area contributed by atoms with Crippen LogP contribution < -0.4 is 5.32 Å². The van der Waals surface area contributed by atoms with E-state index in [-0.39, 0.29) is 23.4 Å². The van der Waals surface area contributed by atoms with E-state index >= 15 is 0 Å². The van der Waals surface area contributed by atoms with Crippen molar-refractivity contribution in [1.82, 2.24) is 10.1 Å². The number of aryl methyl sites for hydroxylation is 1. The van der Waals surface area contributed by atoms with E-state index in [2.05, 4.69) is 10.5 Å². The van der Waals surface area contributed by atoms with Gasteiger partial charge in [0.15, 0.2) is 15.7 Å². The number of nitrogens with zero attached hydrogens (tertiary/aromatic N) is 2. The molecule has 2 rings (SSSR count). The predicted octanol–water partition coefficient (Wildman–Crippen LogP) is 2.02. The monoisotopic (exact) mass is 351 g/mol. The lowest BCUT2D eigenvalue weighted by atomic mass is 10.1. The lowest BCUT2D eigenvalue weighted by Gasteiger charge is -2.24. The summed E-state index contributed by atoms with van der Waals surface area (Å²) in [5.74, 6) is 0.805. The van der Waals surface area contributed by atoms with Crippen molar-refractivity contribution in [2.24, 2.45) is 0 Å². The van der Waals surface area contributed by atoms with Gasteiger partial charge >= 0.3 is 0 Å². The van der Waals surface area contributed by atoms with Gasteiger partial charge in [0.1, 0.15) is 5.76 Å². The molecule has 1 amide bonds. The van der Waals surface area contributed by atoms with Crippen LogP contribution in [0.2, 0.25) is 0 Å². The Morgan fingerprint density at radius 3 is 2.46 bits per heavy atom. The predicted molar refractivity (Wildman–Crippen MR) is 90.5 cm³/mol. The minimum atomic E-state index is -3.21. The third kappa shape index (κ3) is 4.65. The van der Waals surface area contributed by atoms with Crippen LogP contribution in [-0.2, 0) is 14.6 Å². The van der Waals surface area contributed by atoms with Gasteiger partial charge in [-0.25, -0.2) is 8.42 Å². The second-order valence-corrected chi connectivity index (χ2v) is 7.82. The maximum atomic E-state index is 12.0. The van der Waals surface area contributed by atoms with Gasteiger partial charge in [-0.15, -0.1) is 0 Å². The molecule has 130 valence electrons. The minimum absolute atomic E-state index is 0.0524. The van der Waals surface area contributed by atoms with Gasteiger partial charge in [-0.05, 0) is 38.6 Å². The van der Waals surface area contributed by atoms with Gasteiger partial charge in [0.25, 0.3) is 0 Å². The molecule has 7 nitrogen and oxygen atoms in total. The molecule has 0 aliphatic rings. The summed E-state index contributed by atoms with van der Waals surface area (Å²) in [6.07, 6.45) is 1.17. The number of hydrogen-bond donors (Lipinski definition) is 1. The number of amides is 1. The normalized spacial score (nSPS) is 13.0. The molecule has 2 aromatic rings. The number of carbonyl (C=O) groups excluding carboxylic acids is 1. The maximum Gasteiger partial charge on any atom is 0.239 e. The number of benzene rings is 1. The average Bonchev–Trinajstić information content (AvgIpc) is 2.90. The number of aromatic nitrogens is 1. The van der Waals surface area contributed by atoms with Crippen LogP contribution in [0.15, 0.2) is 39.8 Å². The van der Waals surface area contributed by atoms with Crippen molar-refractivity contribution < 1.29 is 17.7 Å². The van der Waals surface area contributed by atoms with Gasteiger partial charge in [-0.2, -0.15) is 0 Å². The Labute approximate surface area is 141 Å². The highest BCUT2D eigenvalue weighted by atomic mass is 32.2. The fourth-order valence-electron chi connectivity index (χ4n) is 2.22. The number of hydrogen-bond acceptors (Lipinski definition) is 6. The minimum Gasteiger partial charge on any atom is -0.360 e. The van der Waals surface area contributed by atoms with Crippen LogP contribution in [0.4, 0.5) is 5.82 Å². The zero-order valence-corrected chi connectivity index (χ0v) is 14.9. The lowest BCUT2D eigenvalue weighted by molar-refractivity contribution is -0.117. The van der Waals surface area contributed by atoms with Crippen molar-refractivity contribution in [2.75, 3.05) is 25.2 Å². The van der Waals surface area contributed by atoms with Crippen molar-refractivity contribution in [3.63, 3.8) is 0 Å². The van der Waals surface area contributed by atoms with Gasteiger partial charge in [-0.1, -0.05) is 17.3 Å². The van der Waals surface area contributed by atoms with E-state index in [1.54, 1.807) is 37.3 Å². The number of anilines is 1. The van der Waals surface area contributed by atoms with E-state index in [1.165, 1.54) is 6.26 Å². The molecule has 0 saturated carbocycles. The Morgan fingerprint density at radius 2 is 1.96 bits per heavy atom. The van der Waals surface area contributed by atoms with Crippen molar-refractivity contribution in [2.45, 2.75) is 24.8 Å². The molecule has 0 fully saturated rings. The highest BCUT2D eigenvalue weighted by Gasteiger charge is 2.16. The largest absolute Gasteiger partial charge is 0.360 e. The second-order valence-electron chi connectivity index (χ2n) is 5.80. The number of sulfone groups is 1. The van der Waals surface area contributed by atoms with Gasteiger partial charge in [0.05, 0.1) is 11.4 Å². The number of likely N-dealkylation sites (N-methyl/N-ethyl adjacent to an activating group) is 1. The van der Waals surface area contributed by atoms with Crippen LogP contribution in [0.1, 0.15) is 24.3 Å². The van der Waals surface area contributed by atoms with E-state index in [4.69, 9.17) is 4.52 Å². The number of nitrogens with one attached hydrogen (secondary N) is 1. The van der Waals surface area contributed by atoms with Crippen LogP contribution in [-0.4, -0.2) is 44.2 Å². The van der Waals surface area contributed by atoms with E-state index < -0.39 is 9.84 Å². The van der Waals surface area contributed by atoms with Crippen LogP contribution in [0.3, 0.4) is 0 Å². The van der Waals surface area contributed by atoms with Gasteiger partial charge in [-0.3, -0.25) is 9.69 Å². The van der Waals surface area contributed by atoms with Crippen molar-refractivity contribution in [3.05, 3.63) is 41.7 Å². The molecule has 0 bridgehead atoms. The van der Waals surface area contributed by atoms with Crippen LogP contribution in [0.25, 0.3) is 0 Å². The Balaban J connectivity index is 1.98. The Bertz CT molecular complexity index is 812. The molecule has 1 aromatic carbocycles. The van der Waals surface area contributed by atoms with E-state index in [0.717, 1.165) is 5.56 Å². The molecule has 0 saturated heterocycles. The molecule has 1 N–H and O–H groups in total. The maximum absolute atomic E-state index is 12.0. The number of carbonyl (C=O) groups is 1. The van der Waals surface area contributed by atoms with Gasteiger partial charge in [0, 0.05) is 18.4 Å². The third-order valence-electron chi connectivity index (χ3n) is 3.74. The molecule has 1 heterocycles. The molecule has 1 aromatic heterocycles. The molecule has 0 aliphatic heterocycles. The SMILES string of the molecule is Cc1cc(NC(=O)CN(C)C(C)c2ccc(S(C)(=O)=O)cc2)no1. The molecule has 8 heteroatoms. The number of rotatable bonds is 6. The molecule has 0 radical (unpaired) electrons. The summed E-state index contributed by atoms with van der Waals surface area (Å²) in [6.45, 7) is 3.86. The molecular weight excluding hydrogens is 330 g/mol. The highest BCUT2D eigenvalue weighted by molar-refractivity contribution is 7.90. The van der Waals surface area contributed by atoms with E-state index in [0.29, 0.717) is 11.6 Å². The standard InChI is InChI=1S/C16H21N3O4S/c1-11-9-15(18-23-11)17-16(20)10-19(3)12(2)13-5-7-14(8-6-13)24(4,21)22/h5-9,12H,10H2,1-4H3,(H,17,18,20). The first-order valence-electron chi connectivity index (χ1n) is 7.40. The second kappa shape index (κ2) is 7.14. The summed E-state index contributed by atoms with van der Waals surface area (Å²) in [6, 6.07) is 8.27. The molecule has 24 heavy (non-hydrogen) atoms. The summed E-state index contributed by atoms with van der Waals surface area (Å²) >= 11 is 0. The van der Waals surface area contributed by atoms with E-state index in [1.807, 2.05) is 18.9 Å². The molecule has 1 atom stereocenters. The molecular formula is C16H21N3O4S. The lowest BCUT2D eigenvalue weighted by Crippen LogP contribution is -2.32. The molecule has 0 aliphatic carbocycles. The van der Waals surface area contributed by atoms with Crippen molar-refractivity contribution in [3.8, 4) is 0 Å². The van der Waals surface area contributed by atoms with E-state index in [9.17, 15) is 13.2 Å². The van der Waals surface area contributed by atoms with Crippen LogP contribution >= 0.6 is 0 Å². The Morgan fingerprint density at radius 1 is 1.33 bits per heavy atom. The molecule has 0 spiro atoms. The summed E-state index contributed by atoms with van der Waals surface area (Å²) in [4.78, 5) is 14.2. The smallest absolute Gasteiger partial charge is 0.239 e. The first kappa shape index (κ1) is 18.2. The summed E-state index contributed by atoms with van der Waals surface area (Å²) in [5.41, 5.74) is 0.926. The zero-order chi connectivity index (χ0) is 17.9. The quantitative estimate of drug-likeness (QED) is 0.856. The highest BCUT2D eigenvalue weighted by Crippen LogP contribution is 2.20. The Kier molecular flexibility index (Phi) is 5.40. The van der Waals surface area contributed by atoms with Crippen LogP contribution in [0.5, 0.6) is 0 Å². The van der Waals surface area contributed by atoms with Crippen molar-refractivity contribution in [1.29, 1.82) is 0 Å². The van der Waals surface area contributed by atoms with Crippen LogP contribution in [0, 0.1) is 6.92 Å². The topological polar surface area (TPSA) is 92.5 Å². The fourth-order valence-corrected chi connectivity index (χ4v) is 2.85. The van der Waals surface area contributed by atoms with Gasteiger partial charge in [0.2, 0.25) is 5.91 Å². The summed E-state index contributed by atoms with van der Waals surface area (Å²) in [5, 5.41) is 6.38. The zero-order valence-electron chi connectivity index (χ0n) is 14.1. The van der Waals surface area contributed by atoms with Gasteiger partial charge < -0.3 is 9.84 Å². The first-order chi connectivity index (χ1) is 11.2.